The summed E-state index contributed by atoms with van der Waals surface area (Å²) in [6.07, 6.45) is 4.91. The van der Waals surface area contributed by atoms with Gasteiger partial charge in [-0.25, -0.2) is 0 Å². The lowest BCUT2D eigenvalue weighted by molar-refractivity contribution is 0.497. The highest BCUT2D eigenvalue weighted by Crippen LogP contribution is 2.16. The van der Waals surface area contributed by atoms with Crippen molar-refractivity contribution in [3.05, 3.63) is 17.0 Å². The number of hydrogen-bond donors (Lipinski definition) is 1. The molecule has 0 aromatic carbocycles. The highest BCUT2D eigenvalue weighted by molar-refractivity contribution is 5.25. The van der Waals surface area contributed by atoms with Gasteiger partial charge in [-0.2, -0.15) is 5.10 Å². The standard InChI is InChI=1S/C13H25N3/c1-6-7-8-12(14-4)9-13-10(2)15-16(5)11(13)3/h12,14H,6-9H2,1-5H3. The van der Waals surface area contributed by atoms with Crippen LogP contribution in [0, 0.1) is 13.8 Å². The molecule has 0 aliphatic carbocycles. The summed E-state index contributed by atoms with van der Waals surface area (Å²) in [4.78, 5) is 0. The van der Waals surface area contributed by atoms with Gasteiger partial charge in [0.25, 0.3) is 0 Å². The number of hydrogen-bond acceptors (Lipinski definition) is 2. The molecule has 0 aliphatic rings. The van der Waals surface area contributed by atoms with Gasteiger partial charge in [0, 0.05) is 18.8 Å². The molecule has 1 aromatic rings. The maximum Gasteiger partial charge on any atom is 0.0628 e. The van der Waals surface area contributed by atoms with Crippen LogP contribution in [-0.4, -0.2) is 22.9 Å². The molecular weight excluding hydrogens is 198 g/mol. The van der Waals surface area contributed by atoms with E-state index in [-0.39, 0.29) is 0 Å². The lowest BCUT2D eigenvalue weighted by atomic mass is 10.00. The van der Waals surface area contributed by atoms with Gasteiger partial charge in [0.2, 0.25) is 0 Å². The summed E-state index contributed by atoms with van der Waals surface area (Å²) >= 11 is 0. The van der Waals surface area contributed by atoms with Crippen molar-refractivity contribution in [2.45, 2.75) is 52.5 Å². The van der Waals surface area contributed by atoms with Gasteiger partial charge in [0.15, 0.2) is 0 Å². The van der Waals surface area contributed by atoms with Gasteiger partial charge in [-0.3, -0.25) is 4.68 Å². The van der Waals surface area contributed by atoms with Crippen LogP contribution in [0.1, 0.15) is 43.1 Å². The molecule has 1 aromatic heterocycles. The molecule has 0 saturated heterocycles. The number of aryl methyl sites for hydroxylation is 2. The first-order chi connectivity index (χ1) is 7.60. The summed E-state index contributed by atoms with van der Waals surface area (Å²) in [7, 11) is 4.08. The van der Waals surface area contributed by atoms with Gasteiger partial charge >= 0.3 is 0 Å². The van der Waals surface area contributed by atoms with Crippen LogP contribution in [0.5, 0.6) is 0 Å². The van der Waals surface area contributed by atoms with Crippen LogP contribution in [-0.2, 0) is 13.5 Å². The zero-order valence-corrected chi connectivity index (χ0v) is 11.3. The van der Waals surface area contributed by atoms with Crippen molar-refractivity contribution < 1.29 is 0 Å². The first-order valence-corrected chi connectivity index (χ1v) is 6.26. The van der Waals surface area contributed by atoms with Crippen molar-refractivity contribution in [1.82, 2.24) is 15.1 Å². The van der Waals surface area contributed by atoms with E-state index in [1.54, 1.807) is 0 Å². The van der Waals surface area contributed by atoms with Gasteiger partial charge < -0.3 is 5.32 Å². The van der Waals surface area contributed by atoms with E-state index >= 15 is 0 Å². The molecule has 0 amide bonds. The number of likely N-dealkylation sites (N-methyl/N-ethyl adjacent to an activating group) is 1. The molecule has 1 rings (SSSR count). The van der Waals surface area contributed by atoms with E-state index in [1.165, 1.54) is 36.2 Å². The summed E-state index contributed by atoms with van der Waals surface area (Å²) in [5.41, 5.74) is 3.89. The lowest BCUT2D eigenvalue weighted by Crippen LogP contribution is -2.27. The number of unbranched alkanes of at least 4 members (excludes halogenated alkanes) is 1. The Morgan fingerprint density at radius 1 is 1.38 bits per heavy atom. The zero-order chi connectivity index (χ0) is 12.1. The molecule has 16 heavy (non-hydrogen) atoms. The van der Waals surface area contributed by atoms with Crippen LogP contribution >= 0.6 is 0 Å². The largest absolute Gasteiger partial charge is 0.317 e. The maximum atomic E-state index is 4.47. The van der Waals surface area contributed by atoms with Crippen molar-refractivity contribution in [1.29, 1.82) is 0 Å². The molecular formula is C13H25N3. The van der Waals surface area contributed by atoms with E-state index in [2.05, 4.69) is 38.2 Å². The number of rotatable bonds is 6. The fourth-order valence-corrected chi connectivity index (χ4v) is 2.16. The Bertz CT molecular complexity index is 328. The van der Waals surface area contributed by atoms with Crippen molar-refractivity contribution in [3.8, 4) is 0 Å². The Balaban J connectivity index is 2.69. The summed E-state index contributed by atoms with van der Waals surface area (Å²) < 4.78 is 1.98. The predicted molar refractivity (Wildman–Crippen MR) is 68.8 cm³/mol. The third-order valence-corrected chi connectivity index (χ3v) is 3.42. The second kappa shape index (κ2) is 6.04. The Morgan fingerprint density at radius 2 is 2.06 bits per heavy atom. The fraction of sp³-hybridized carbons (Fsp3) is 0.769. The lowest BCUT2D eigenvalue weighted by Gasteiger charge is -2.16. The Kier molecular flexibility index (Phi) is 5.00. The highest BCUT2D eigenvalue weighted by atomic mass is 15.3. The molecule has 1 unspecified atom stereocenters. The molecule has 1 atom stereocenters. The monoisotopic (exact) mass is 223 g/mol. The Hall–Kier alpha value is -0.830. The van der Waals surface area contributed by atoms with Crippen molar-refractivity contribution in [2.24, 2.45) is 7.05 Å². The first-order valence-electron chi connectivity index (χ1n) is 6.26. The van der Waals surface area contributed by atoms with Crippen molar-refractivity contribution in [3.63, 3.8) is 0 Å². The molecule has 92 valence electrons. The minimum atomic E-state index is 0.585. The predicted octanol–water partition coefficient (Wildman–Crippen LogP) is 2.36. The van der Waals surface area contributed by atoms with Gasteiger partial charge in [0.1, 0.15) is 0 Å². The van der Waals surface area contributed by atoms with E-state index in [4.69, 9.17) is 0 Å². The first kappa shape index (κ1) is 13.2. The Morgan fingerprint density at radius 3 is 2.50 bits per heavy atom. The molecule has 0 aliphatic heterocycles. The van der Waals surface area contributed by atoms with Gasteiger partial charge in [0.05, 0.1) is 5.69 Å². The number of nitrogens with one attached hydrogen (secondary N) is 1. The zero-order valence-electron chi connectivity index (χ0n) is 11.3. The minimum Gasteiger partial charge on any atom is -0.317 e. The summed E-state index contributed by atoms with van der Waals surface area (Å²) in [6.45, 7) is 6.50. The molecule has 0 radical (unpaired) electrons. The van der Waals surface area contributed by atoms with Gasteiger partial charge in [-0.05, 0) is 39.3 Å². The molecule has 0 saturated carbocycles. The molecule has 0 bridgehead atoms. The topological polar surface area (TPSA) is 29.9 Å². The van der Waals surface area contributed by atoms with Crippen molar-refractivity contribution in [2.75, 3.05) is 7.05 Å². The average Bonchev–Trinajstić information content (AvgIpc) is 2.50. The molecule has 0 spiro atoms. The minimum absolute atomic E-state index is 0.585. The molecule has 0 fully saturated rings. The van der Waals surface area contributed by atoms with Crippen molar-refractivity contribution >= 4 is 0 Å². The second-order valence-corrected chi connectivity index (χ2v) is 4.60. The van der Waals surface area contributed by atoms with Crippen LogP contribution < -0.4 is 5.32 Å². The molecule has 3 heteroatoms. The summed E-state index contributed by atoms with van der Waals surface area (Å²) in [5, 5.41) is 7.88. The van der Waals surface area contributed by atoms with E-state index in [1.807, 2.05) is 11.7 Å². The highest BCUT2D eigenvalue weighted by Gasteiger charge is 2.14. The quantitative estimate of drug-likeness (QED) is 0.802. The van der Waals surface area contributed by atoms with Crippen LogP contribution in [0.25, 0.3) is 0 Å². The van der Waals surface area contributed by atoms with Gasteiger partial charge in [-0.1, -0.05) is 19.8 Å². The SMILES string of the molecule is CCCCC(Cc1c(C)nn(C)c1C)NC. The average molecular weight is 223 g/mol. The van der Waals surface area contributed by atoms with Crippen LogP contribution in [0.4, 0.5) is 0 Å². The Labute approximate surface area is 99.2 Å². The van der Waals surface area contributed by atoms with Crippen LogP contribution in [0.15, 0.2) is 0 Å². The van der Waals surface area contributed by atoms with Crippen LogP contribution in [0.2, 0.25) is 0 Å². The number of nitrogens with zero attached hydrogens (tertiary/aromatic N) is 2. The molecule has 1 N–H and O–H groups in total. The summed E-state index contributed by atoms with van der Waals surface area (Å²) in [5.74, 6) is 0. The normalized spacial score (nSPS) is 13.1. The second-order valence-electron chi connectivity index (χ2n) is 4.60. The maximum absolute atomic E-state index is 4.47. The van der Waals surface area contributed by atoms with E-state index < -0.39 is 0 Å². The molecule has 1 heterocycles. The van der Waals surface area contributed by atoms with Crippen LogP contribution in [0.3, 0.4) is 0 Å². The fourth-order valence-electron chi connectivity index (χ4n) is 2.16. The third kappa shape index (κ3) is 3.08. The van der Waals surface area contributed by atoms with E-state index in [0.717, 1.165) is 6.42 Å². The van der Waals surface area contributed by atoms with E-state index in [9.17, 15) is 0 Å². The van der Waals surface area contributed by atoms with Gasteiger partial charge in [-0.15, -0.1) is 0 Å². The third-order valence-electron chi connectivity index (χ3n) is 3.42. The summed E-state index contributed by atoms with van der Waals surface area (Å²) in [6, 6.07) is 0.585. The molecule has 3 nitrogen and oxygen atoms in total. The smallest absolute Gasteiger partial charge is 0.0628 e. The van der Waals surface area contributed by atoms with E-state index in [0.29, 0.717) is 6.04 Å². The number of aromatic nitrogens is 2.